The third-order valence-electron chi connectivity index (χ3n) is 4.84. The molecule has 1 aliphatic rings. The summed E-state index contributed by atoms with van der Waals surface area (Å²) in [5, 5.41) is 20.2. The lowest BCUT2D eigenvalue weighted by Crippen LogP contribution is -2.35. The van der Waals surface area contributed by atoms with E-state index in [1.807, 2.05) is 36.4 Å². The van der Waals surface area contributed by atoms with Crippen LogP contribution >= 0.6 is 11.6 Å². The average molecular weight is 380 g/mol. The normalized spacial score (nSPS) is 13.3. The van der Waals surface area contributed by atoms with Crippen LogP contribution in [-0.2, 0) is 6.42 Å². The van der Waals surface area contributed by atoms with Crippen molar-refractivity contribution in [2.45, 2.75) is 12.8 Å². The number of hydrogen-bond donors (Lipinski definition) is 2. The number of fused-ring (bicyclic) bond motifs is 1. The lowest BCUT2D eigenvalue weighted by atomic mass is 9.95. The van der Waals surface area contributed by atoms with E-state index < -0.39 is 0 Å². The zero-order valence-corrected chi connectivity index (χ0v) is 15.3. The summed E-state index contributed by atoms with van der Waals surface area (Å²) >= 11 is 6.32. The molecule has 0 bridgehead atoms. The first-order valence-corrected chi connectivity index (χ1v) is 9.14. The molecule has 0 spiro atoms. The van der Waals surface area contributed by atoms with E-state index in [-0.39, 0.29) is 23.0 Å². The van der Waals surface area contributed by atoms with Gasteiger partial charge in [-0.1, -0.05) is 35.9 Å². The minimum atomic E-state index is -0.279. The van der Waals surface area contributed by atoms with Crippen molar-refractivity contribution in [1.82, 2.24) is 0 Å². The molecular formula is C22H18ClNO3. The van der Waals surface area contributed by atoms with Crippen LogP contribution in [0, 0.1) is 0 Å². The number of rotatable bonds is 2. The Morgan fingerprint density at radius 3 is 2.59 bits per heavy atom. The molecule has 0 atom stereocenters. The smallest absolute Gasteiger partial charge is 0.262 e. The second-order valence-corrected chi connectivity index (χ2v) is 6.99. The predicted molar refractivity (Wildman–Crippen MR) is 107 cm³/mol. The van der Waals surface area contributed by atoms with E-state index in [1.54, 1.807) is 4.90 Å². The zero-order chi connectivity index (χ0) is 19.0. The molecule has 0 saturated heterocycles. The molecule has 2 N–H and O–H groups in total. The molecule has 4 rings (SSSR count). The third kappa shape index (κ3) is 3.24. The number of phenolic OH excluding ortho intramolecular Hbond substituents is 2. The van der Waals surface area contributed by atoms with Crippen molar-refractivity contribution in [1.29, 1.82) is 0 Å². The van der Waals surface area contributed by atoms with Gasteiger partial charge in [0.05, 0.1) is 5.56 Å². The topological polar surface area (TPSA) is 60.8 Å². The molecule has 0 aromatic heterocycles. The van der Waals surface area contributed by atoms with Crippen molar-refractivity contribution >= 4 is 23.2 Å². The highest BCUT2D eigenvalue weighted by atomic mass is 35.5. The van der Waals surface area contributed by atoms with Gasteiger partial charge >= 0.3 is 0 Å². The summed E-state index contributed by atoms with van der Waals surface area (Å²) in [5.41, 5.74) is 4.07. The third-order valence-corrected chi connectivity index (χ3v) is 5.17. The van der Waals surface area contributed by atoms with Gasteiger partial charge in [-0.15, -0.1) is 0 Å². The van der Waals surface area contributed by atoms with Crippen LogP contribution < -0.4 is 4.90 Å². The highest BCUT2D eigenvalue weighted by molar-refractivity contribution is 6.33. The minimum absolute atomic E-state index is 0.0764. The molecule has 27 heavy (non-hydrogen) atoms. The second kappa shape index (κ2) is 6.97. The van der Waals surface area contributed by atoms with Gasteiger partial charge < -0.3 is 15.1 Å². The predicted octanol–water partition coefficient (Wildman–Crippen LogP) is 5.01. The van der Waals surface area contributed by atoms with Gasteiger partial charge in [-0.05, 0) is 54.3 Å². The van der Waals surface area contributed by atoms with Crippen LogP contribution in [0.1, 0.15) is 22.3 Å². The van der Waals surface area contributed by atoms with Crippen molar-refractivity contribution in [2.24, 2.45) is 0 Å². The number of halogens is 1. The van der Waals surface area contributed by atoms with Crippen LogP contribution in [0.3, 0.4) is 0 Å². The number of hydrogen-bond acceptors (Lipinski definition) is 3. The largest absolute Gasteiger partial charge is 0.508 e. The van der Waals surface area contributed by atoms with Gasteiger partial charge in [0.2, 0.25) is 0 Å². The van der Waals surface area contributed by atoms with Gasteiger partial charge in [0.25, 0.3) is 5.91 Å². The monoisotopic (exact) mass is 379 g/mol. The van der Waals surface area contributed by atoms with Gasteiger partial charge in [0.1, 0.15) is 11.5 Å². The Balaban J connectivity index is 1.72. The van der Waals surface area contributed by atoms with Gasteiger partial charge in [-0.25, -0.2) is 0 Å². The number of carbonyl (C=O) groups is 1. The number of anilines is 1. The van der Waals surface area contributed by atoms with Crippen LogP contribution in [0.5, 0.6) is 11.5 Å². The molecule has 5 heteroatoms. The van der Waals surface area contributed by atoms with Crippen molar-refractivity contribution in [2.75, 3.05) is 11.4 Å². The Labute approximate surface area is 162 Å². The fraction of sp³-hybridized carbons (Fsp3) is 0.136. The van der Waals surface area contributed by atoms with Gasteiger partial charge in [-0.3, -0.25) is 4.79 Å². The summed E-state index contributed by atoms with van der Waals surface area (Å²) in [5.74, 6) is -0.578. The molecule has 1 heterocycles. The van der Waals surface area contributed by atoms with E-state index in [0.717, 1.165) is 35.2 Å². The highest BCUT2D eigenvalue weighted by Gasteiger charge is 2.26. The molecule has 0 aliphatic carbocycles. The summed E-state index contributed by atoms with van der Waals surface area (Å²) in [6, 6.07) is 17.7. The molecule has 3 aromatic carbocycles. The first kappa shape index (κ1) is 17.4. The van der Waals surface area contributed by atoms with Gasteiger partial charge in [0, 0.05) is 28.9 Å². The summed E-state index contributed by atoms with van der Waals surface area (Å²) < 4.78 is 0. The number of benzene rings is 3. The number of amides is 1. The Bertz CT molecular complexity index is 1030. The van der Waals surface area contributed by atoms with Crippen molar-refractivity contribution in [3.63, 3.8) is 0 Å². The highest BCUT2D eigenvalue weighted by Crippen LogP contribution is 2.35. The average Bonchev–Trinajstić information content (AvgIpc) is 2.67. The fourth-order valence-corrected chi connectivity index (χ4v) is 3.76. The Morgan fingerprint density at radius 1 is 1.00 bits per heavy atom. The first-order chi connectivity index (χ1) is 13.0. The quantitative estimate of drug-likeness (QED) is 0.657. The molecule has 136 valence electrons. The number of aryl methyl sites for hydroxylation is 1. The lowest BCUT2D eigenvalue weighted by molar-refractivity contribution is 0.0982. The number of phenols is 2. The summed E-state index contributed by atoms with van der Waals surface area (Å²) in [4.78, 5) is 14.6. The van der Waals surface area contributed by atoms with Crippen LogP contribution in [0.15, 0.2) is 60.7 Å². The maximum absolute atomic E-state index is 13.0. The van der Waals surface area contributed by atoms with E-state index >= 15 is 0 Å². The van der Waals surface area contributed by atoms with E-state index in [0.29, 0.717) is 11.6 Å². The van der Waals surface area contributed by atoms with Crippen molar-refractivity contribution in [3.8, 4) is 22.6 Å². The number of carbonyl (C=O) groups excluding carboxylic acids is 1. The summed E-state index contributed by atoms with van der Waals surface area (Å²) in [6.45, 7) is 0.581. The van der Waals surface area contributed by atoms with E-state index in [9.17, 15) is 15.0 Å². The molecule has 4 nitrogen and oxygen atoms in total. The number of nitrogens with zero attached hydrogens (tertiary/aromatic N) is 1. The molecule has 0 unspecified atom stereocenters. The van der Waals surface area contributed by atoms with Crippen LogP contribution in [0.2, 0.25) is 5.02 Å². The fourth-order valence-electron chi connectivity index (χ4n) is 3.52. The number of aromatic hydroxyl groups is 2. The SMILES string of the molecule is O=C(c1ccc(O)cc1O)N1CCCc2cc(-c3ccccc3Cl)ccc21. The maximum atomic E-state index is 13.0. The molecular weight excluding hydrogens is 362 g/mol. The molecule has 3 aromatic rings. The van der Waals surface area contributed by atoms with Crippen LogP contribution in [0.4, 0.5) is 5.69 Å². The molecule has 0 fully saturated rings. The van der Waals surface area contributed by atoms with Crippen molar-refractivity contribution in [3.05, 3.63) is 76.8 Å². The standard InChI is InChI=1S/C22H18ClNO3/c23-19-6-2-1-5-17(19)14-7-10-20-15(12-14)4-3-11-24(20)22(27)18-9-8-16(25)13-21(18)26/h1-2,5-10,12-13,25-26H,3-4,11H2. The van der Waals surface area contributed by atoms with E-state index in [4.69, 9.17) is 11.6 Å². The second-order valence-electron chi connectivity index (χ2n) is 6.59. The Hall–Kier alpha value is -2.98. The molecule has 1 aliphatic heterocycles. The van der Waals surface area contributed by atoms with Crippen LogP contribution in [-0.4, -0.2) is 22.7 Å². The first-order valence-electron chi connectivity index (χ1n) is 8.76. The van der Waals surface area contributed by atoms with Gasteiger partial charge in [0.15, 0.2) is 0 Å². The van der Waals surface area contributed by atoms with Crippen molar-refractivity contribution < 1.29 is 15.0 Å². The molecule has 1 amide bonds. The molecule has 0 radical (unpaired) electrons. The minimum Gasteiger partial charge on any atom is -0.508 e. The Kier molecular flexibility index (Phi) is 4.50. The zero-order valence-electron chi connectivity index (χ0n) is 14.5. The Morgan fingerprint density at radius 2 is 1.81 bits per heavy atom. The summed E-state index contributed by atoms with van der Waals surface area (Å²) in [6.07, 6.45) is 1.71. The lowest BCUT2D eigenvalue weighted by Gasteiger charge is -2.30. The summed E-state index contributed by atoms with van der Waals surface area (Å²) in [7, 11) is 0. The van der Waals surface area contributed by atoms with E-state index in [1.165, 1.54) is 18.2 Å². The molecule has 0 saturated carbocycles. The van der Waals surface area contributed by atoms with Gasteiger partial charge in [-0.2, -0.15) is 0 Å². The van der Waals surface area contributed by atoms with Crippen LogP contribution in [0.25, 0.3) is 11.1 Å². The van der Waals surface area contributed by atoms with E-state index in [2.05, 4.69) is 6.07 Å². The maximum Gasteiger partial charge on any atom is 0.262 e.